The van der Waals surface area contributed by atoms with E-state index in [9.17, 15) is 13.2 Å². The molecule has 0 aromatic carbocycles. The topological polar surface area (TPSA) is 109 Å². The minimum absolute atomic E-state index is 0.0512. The highest BCUT2D eigenvalue weighted by atomic mass is 32.2. The normalized spacial score (nSPS) is 19.2. The second-order valence-electron chi connectivity index (χ2n) is 3.34. The second kappa shape index (κ2) is 3.08. The van der Waals surface area contributed by atoms with Crippen molar-refractivity contribution < 1.29 is 18.3 Å². The van der Waals surface area contributed by atoms with Crippen molar-refractivity contribution in [3.8, 4) is 0 Å². The Kier molecular flexibility index (Phi) is 2.06. The van der Waals surface area contributed by atoms with Crippen molar-refractivity contribution in [1.82, 2.24) is 0 Å². The largest absolute Gasteiger partial charge is 0.476 e. The molecule has 8 heteroatoms. The number of carboxylic acids is 1. The smallest absolute Gasteiger partial charge is 0.354 e. The number of aliphatic imine (C=N–C) groups is 3. The highest BCUT2D eigenvalue weighted by Gasteiger charge is 2.32. The van der Waals surface area contributed by atoms with Crippen LogP contribution in [-0.4, -0.2) is 42.5 Å². The van der Waals surface area contributed by atoms with Crippen molar-refractivity contribution >= 4 is 32.5 Å². The van der Waals surface area contributed by atoms with Gasteiger partial charge in [0.15, 0.2) is 11.5 Å². The van der Waals surface area contributed by atoms with Crippen LogP contribution in [-0.2, 0) is 14.6 Å². The van der Waals surface area contributed by atoms with Crippen LogP contribution in [0, 0.1) is 0 Å². The number of amidine groups is 2. The summed E-state index contributed by atoms with van der Waals surface area (Å²) >= 11 is 0. The number of hydrogen-bond donors (Lipinski definition) is 1. The van der Waals surface area contributed by atoms with Crippen LogP contribution in [0.15, 0.2) is 26.2 Å². The maximum absolute atomic E-state index is 11.2. The molecule has 0 atom stereocenters. The van der Waals surface area contributed by atoms with Crippen molar-refractivity contribution in [2.24, 2.45) is 15.0 Å². The van der Waals surface area contributed by atoms with Gasteiger partial charge in [-0.3, -0.25) is 0 Å². The molecule has 0 saturated carbocycles. The lowest BCUT2D eigenvalue weighted by Gasteiger charge is -1.94. The summed E-state index contributed by atoms with van der Waals surface area (Å²) in [6.45, 7) is 1.51. The molecule has 0 saturated heterocycles. The van der Waals surface area contributed by atoms with Gasteiger partial charge in [0.1, 0.15) is 5.70 Å². The highest BCUT2D eigenvalue weighted by molar-refractivity contribution is 8.05. The molecule has 0 aromatic rings. The van der Waals surface area contributed by atoms with Gasteiger partial charge in [-0.1, -0.05) is 0 Å². The SMILES string of the molecule is CC1=C2N=C(S(C)(=O)=O)N=C2N=C1C(=O)O. The van der Waals surface area contributed by atoms with E-state index in [1.165, 1.54) is 6.92 Å². The molecule has 16 heavy (non-hydrogen) atoms. The summed E-state index contributed by atoms with van der Waals surface area (Å²) in [5.74, 6) is -1.13. The van der Waals surface area contributed by atoms with E-state index >= 15 is 0 Å². The predicted octanol–water partition coefficient (Wildman–Crippen LogP) is -0.388. The Bertz CT molecular complexity index is 622. The van der Waals surface area contributed by atoms with Crippen LogP contribution in [0.4, 0.5) is 0 Å². The zero-order chi connectivity index (χ0) is 12.1. The van der Waals surface area contributed by atoms with Gasteiger partial charge in [0.05, 0.1) is 0 Å². The maximum Gasteiger partial charge on any atom is 0.354 e. The van der Waals surface area contributed by atoms with E-state index in [-0.39, 0.29) is 22.4 Å². The van der Waals surface area contributed by atoms with E-state index in [1.54, 1.807) is 0 Å². The van der Waals surface area contributed by atoms with E-state index < -0.39 is 15.8 Å². The monoisotopic (exact) mass is 241 g/mol. The van der Waals surface area contributed by atoms with Gasteiger partial charge < -0.3 is 5.11 Å². The molecule has 0 fully saturated rings. The first-order valence-corrected chi connectivity index (χ1v) is 6.11. The molecule has 2 rings (SSSR count). The molecule has 84 valence electrons. The minimum Gasteiger partial charge on any atom is -0.476 e. The van der Waals surface area contributed by atoms with Crippen LogP contribution in [0.3, 0.4) is 0 Å². The van der Waals surface area contributed by atoms with Crippen molar-refractivity contribution in [1.29, 1.82) is 0 Å². The van der Waals surface area contributed by atoms with Crippen LogP contribution in [0.2, 0.25) is 0 Å². The molecule has 0 unspecified atom stereocenters. The van der Waals surface area contributed by atoms with Gasteiger partial charge >= 0.3 is 5.97 Å². The third-order valence-electron chi connectivity index (χ3n) is 2.08. The first-order valence-electron chi connectivity index (χ1n) is 4.22. The summed E-state index contributed by atoms with van der Waals surface area (Å²) < 4.78 is 22.3. The number of carboxylic acid groups (broad SMARTS) is 1. The fraction of sp³-hybridized carbons (Fsp3) is 0.250. The Labute approximate surface area is 90.9 Å². The zero-order valence-electron chi connectivity index (χ0n) is 8.42. The molecule has 2 aliphatic rings. The van der Waals surface area contributed by atoms with Crippen molar-refractivity contribution in [2.75, 3.05) is 6.26 Å². The first kappa shape index (κ1) is 10.7. The van der Waals surface area contributed by atoms with E-state index in [4.69, 9.17) is 5.11 Å². The van der Waals surface area contributed by atoms with Crippen LogP contribution in [0.25, 0.3) is 0 Å². The summed E-state index contributed by atoms with van der Waals surface area (Å²) in [6.07, 6.45) is 0.981. The summed E-state index contributed by atoms with van der Waals surface area (Å²) in [5.41, 5.74) is 0.396. The number of nitrogens with zero attached hydrogens (tertiary/aromatic N) is 3. The second-order valence-corrected chi connectivity index (χ2v) is 5.25. The standard InChI is InChI=1S/C8H7N3O4S/c1-3-4-6(9-5(3)7(12)13)11-8(10-4)16(2,14)15/h1-2H3,(H,12,13). The van der Waals surface area contributed by atoms with Crippen molar-refractivity contribution in [3.63, 3.8) is 0 Å². The molecule has 0 amide bonds. The Morgan fingerprint density at radius 2 is 1.88 bits per heavy atom. The Balaban J connectivity index is 2.53. The third kappa shape index (κ3) is 1.47. The Morgan fingerprint density at radius 1 is 1.25 bits per heavy atom. The summed E-state index contributed by atoms with van der Waals surface area (Å²) in [4.78, 5) is 21.9. The van der Waals surface area contributed by atoms with Crippen LogP contribution in [0.1, 0.15) is 6.92 Å². The van der Waals surface area contributed by atoms with Crippen LogP contribution < -0.4 is 0 Å². The van der Waals surface area contributed by atoms with Crippen molar-refractivity contribution in [3.05, 3.63) is 11.3 Å². The summed E-state index contributed by atoms with van der Waals surface area (Å²) in [7, 11) is -3.49. The lowest BCUT2D eigenvalue weighted by Crippen LogP contribution is -2.13. The summed E-state index contributed by atoms with van der Waals surface area (Å²) in [5, 5.41) is 8.45. The van der Waals surface area contributed by atoms with Gasteiger partial charge in [-0.2, -0.15) is 4.99 Å². The molecule has 2 aliphatic heterocycles. The molecule has 0 aromatic heterocycles. The highest BCUT2D eigenvalue weighted by Crippen LogP contribution is 2.24. The fourth-order valence-corrected chi connectivity index (χ4v) is 1.83. The van der Waals surface area contributed by atoms with E-state index in [0.717, 1.165) is 6.26 Å². The molecule has 0 bridgehead atoms. The summed E-state index contributed by atoms with van der Waals surface area (Å²) in [6, 6.07) is 0. The van der Waals surface area contributed by atoms with E-state index in [0.29, 0.717) is 5.57 Å². The van der Waals surface area contributed by atoms with Gasteiger partial charge in [-0.15, -0.1) is 0 Å². The molecular formula is C8H7N3O4S. The number of aliphatic carboxylic acids is 1. The molecule has 0 aliphatic carbocycles. The number of hydrogen-bond acceptors (Lipinski definition) is 6. The zero-order valence-corrected chi connectivity index (χ0v) is 9.24. The van der Waals surface area contributed by atoms with Crippen LogP contribution in [0.5, 0.6) is 0 Å². The molecule has 1 N–H and O–H groups in total. The fourth-order valence-electron chi connectivity index (χ4n) is 1.32. The molecule has 7 nitrogen and oxygen atoms in total. The lowest BCUT2D eigenvalue weighted by molar-refractivity contribution is -0.129. The molecule has 0 radical (unpaired) electrons. The lowest BCUT2D eigenvalue weighted by atomic mass is 10.2. The van der Waals surface area contributed by atoms with Gasteiger partial charge in [0.2, 0.25) is 15.0 Å². The predicted molar refractivity (Wildman–Crippen MR) is 57.5 cm³/mol. The first-order chi connectivity index (χ1) is 7.30. The average Bonchev–Trinajstić information content (AvgIpc) is 2.64. The average molecular weight is 241 g/mol. The van der Waals surface area contributed by atoms with E-state index in [1.807, 2.05) is 0 Å². The van der Waals surface area contributed by atoms with Gasteiger partial charge in [0, 0.05) is 11.8 Å². The van der Waals surface area contributed by atoms with Gasteiger partial charge in [-0.05, 0) is 6.92 Å². The van der Waals surface area contributed by atoms with Crippen molar-refractivity contribution in [2.45, 2.75) is 6.92 Å². The molecule has 0 spiro atoms. The Hall–Kier alpha value is -1.83. The molecular weight excluding hydrogens is 234 g/mol. The van der Waals surface area contributed by atoms with Gasteiger partial charge in [-0.25, -0.2) is 23.2 Å². The molecule has 2 heterocycles. The number of rotatable bonds is 1. The minimum atomic E-state index is -3.49. The van der Waals surface area contributed by atoms with E-state index in [2.05, 4.69) is 15.0 Å². The number of sulfone groups is 1. The number of carbonyl (C=O) groups is 1. The Morgan fingerprint density at radius 3 is 2.31 bits per heavy atom. The van der Waals surface area contributed by atoms with Crippen LogP contribution >= 0.6 is 0 Å². The third-order valence-corrected chi connectivity index (χ3v) is 2.93. The number of fused-ring (bicyclic) bond motifs is 1. The maximum atomic E-state index is 11.2. The quantitative estimate of drug-likeness (QED) is 0.674. The van der Waals surface area contributed by atoms with Gasteiger partial charge in [0.25, 0.3) is 0 Å².